The zero-order valence-corrected chi connectivity index (χ0v) is 19.1. The maximum absolute atomic E-state index is 13.4. The Kier molecular flexibility index (Phi) is 9.00. The van der Waals surface area contributed by atoms with Crippen molar-refractivity contribution in [3.63, 3.8) is 0 Å². The summed E-state index contributed by atoms with van der Waals surface area (Å²) in [5.74, 6) is 0.719. The van der Waals surface area contributed by atoms with E-state index in [1.165, 1.54) is 56.4 Å². The summed E-state index contributed by atoms with van der Waals surface area (Å²) in [5, 5.41) is 0.439. The molecular weight excluding hydrogens is 408 g/mol. The summed E-state index contributed by atoms with van der Waals surface area (Å²) in [4.78, 5) is 31.7. The average molecular weight is 443 g/mol. The average Bonchev–Trinajstić information content (AvgIpc) is 2.78. The van der Waals surface area contributed by atoms with E-state index in [2.05, 4.69) is 16.5 Å². The van der Waals surface area contributed by atoms with Crippen LogP contribution in [0, 0.1) is 0 Å². The molecular formula is C24H34N4O2S. The van der Waals surface area contributed by atoms with Gasteiger partial charge in [-0.3, -0.25) is 14.2 Å². The highest BCUT2D eigenvalue weighted by molar-refractivity contribution is 7.99. The highest BCUT2D eigenvalue weighted by Crippen LogP contribution is 2.31. The van der Waals surface area contributed by atoms with Crippen molar-refractivity contribution in [3.8, 4) is 0 Å². The van der Waals surface area contributed by atoms with Crippen molar-refractivity contribution >= 4 is 29.7 Å². The third-order valence-electron chi connectivity index (χ3n) is 6.10. The van der Waals surface area contributed by atoms with Crippen LogP contribution in [0.15, 0.2) is 46.9 Å². The van der Waals surface area contributed by atoms with Crippen molar-refractivity contribution in [2.24, 2.45) is 0 Å². The second-order valence-corrected chi connectivity index (χ2v) is 9.25. The van der Waals surface area contributed by atoms with E-state index >= 15 is 0 Å². The minimum atomic E-state index is -0.393. The number of allylic oxidation sites excluding steroid dienone is 4. The van der Waals surface area contributed by atoms with Crippen LogP contribution in [-0.2, 0) is 4.79 Å². The minimum Gasteiger partial charge on any atom is -0.385 e. The molecule has 0 spiro atoms. The van der Waals surface area contributed by atoms with Gasteiger partial charge in [-0.05, 0) is 31.8 Å². The first-order valence-electron chi connectivity index (χ1n) is 11.4. The molecule has 0 bridgehead atoms. The molecule has 0 unspecified atom stereocenters. The molecule has 2 saturated carbocycles. The van der Waals surface area contributed by atoms with Crippen molar-refractivity contribution in [2.75, 3.05) is 11.5 Å². The molecule has 7 heteroatoms. The molecule has 1 heterocycles. The fourth-order valence-electron chi connectivity index (χ4n) is 4.64. The van der Waals surface area contributed by atoms with Crippen molar-refractivity contribution in [2.45, 2.75) is 81.4 Å². The standard InChI is InChI=1S/C24H34N4O2S/c1-2-3-4-11-16-27-21(25)17-22(29)26-24(27)31-18-23(30)28(19-12-7-5-8-13-19)20-14-9-6-10-15-20/h2-4,11,16-17,19-20H,1,5-10,12-15,18,25H2/b4-3-,16-11+. The number of anilines is 1. The molecule has 1 aromatic rings. The van der Waals surface area contributed by atoms with E-state index in [4.69, 9.17) is 5.73 Å². The zero-order valence-electron chi connectivity index (χ0n) is 18.2. The lowest BCUT2D eigenvalue weighted by molar-refractivity contribution is -0.135. The van der Waals surface area contributed by atoms with Gasteiger partial charge in [-0.2, -0.15) is 4.98 Å². The van der Waals surface area contributed by atoms with E-state index in [0.29, 0.717) is 23.1 Å². The molecule has 0 aromatic carbocycles. The molecule has 2 aliphatic carbocycles. The largest absolute Gasteiger partial charge is 0.385 e. The van der Waals surface area contributed by atoms with E-state index in [9.17, 15) is 9.59 Å². The van der Waals surface area contributed by atoms with Gasteiger partial charge in [0.15, 0.2) is 5.16 Å². The van der Waals surface area contributed by atoms with Gasteiger partial charge in [0.05, 0.1) is 5.75 Å². The second-order valence-electron chi connectivity index (χ2n) is 8.31. The van der Waals surface area contributed by atoms with Crippen molar-refractivity contribution < 1.29 is 4.79 Å². The molecule has 0 atom stereocenters. The first kappa shape index (κ1) is 23.4. The molecule has 0 radical (unpaired) electrons. The minimum absolute atomic E-state index is 0.155. The molecule has 1 amide bonds. The van der Waals surface area contributed by atoms with Crippen LogP contribution in [0.2, 0.25) is 0 Å². The molecule has 0 saturated heterocycles. The molecule has 1 aromatic heterocycles. The number of hydrogen-bond donors (Lipinski definition) is 1. The van der Waals surface area contributed by atoms with E-state index in [0.717, 1.165) is 25.7 Å². The van der Waals surface area contributed by atoms with E-state index < -0.39 is 5.56 Å². The number of thioether (sulfide) groups is 1. The maximum Gasteiger partial charge on any atom is 0.275 e. The molecule has 3 rings (SSSR count). The van der Waals surface area contributed by atoms with E-state index in [-0.39, 0.29) is 11.7 Å². The summed E-state index contributed by atoms with van der Waals surface area (Å²) < 4.78 is 1.65. The zero-order chi connectivity index (χ0) is 22.1. The predicted octanol–water partition coefficient (Wildman–Crippen LogP) is 4.62. The van der Waals surface area contributed by atoms with Gasteiger partial charge >= 0.3 is 0 Å². The van der Waals surface area contributed by atoms with Crippen LogP contribution < -0.4 is 11.3 Å². The van der Waals surface area contributed by atoms with Gasteiger partial charge in [0.25, 0.3) is 5.56 Å². The fraction of sp³-hybridized carbons (Fsp3) is 0.542. The molecule has 168 valence electrons. The maximum atomic E-state index is 13.4. The summed E-state index contributed by atoms with van der Waals surface area (Å²) in [7, 11) is 0. The van der Waals surface area contributed by atoms with Gasteiger partial charge in [-0.15, -0.1) is 0 Å². The van der Waals surface area contributed by atoms with Gasteiger partial charge in [-0.1, -0.05) is 75.1 Å². The van der Waals surface area contributed by atoms with Crippen molar-refractivity contribution in [1.82, 2.24) is 14.5 Å². The molecule has 0 aliphatic heterocycles. The Morgan fingerprint density at radius 1 is 1.10 bits per heavy atom. The Bertz CT molecular complexity index is 847. The monoisotopic (exact) mass is 442 g/mol. The van der Waals surface area contributed by atoms with Crippen LogP contribution >= 0.6 is 11.8 Å². The number of rotatable bonds is 8. The molecule has 6 nitrogen and oxygen atoms in total. The molecule has 2 fully saturated rings. The number of hydrogen-bond acceptors (Lipinski definition) is 5. The first-order chi connectivity index (χ1) is 15.1. The van der Waals surface area contributed by atoms with Crippen molar-refractivity contribution in [3.05, 3.63) is 47.3 Å². The van der Waals surface area contributed by atoms with Crippen molar-refractivity contribution in [1.29, 1.82) is 0 Å². The summed E-state index contributed by atoms with van der Waals surface area (Å²) in [6.45, 7) is 3.64. The third-order valence-corrected chi connectivity index (χ3v) is 7.04. The number of amides is 1. The Balaban J connectivity index is 1.76. The lowest BCUT2D eigenvalue weighted by Gasteiger charge is -2.41. The number of carbonyl (C=O) groups excluding carboxylic acids is 1. The van der Waals surface area contributed by atoms with Crippen LogP contribution in [0.5, 0.6) is 0 Å². The van der Waals surface area contributed by atoms with Crippen LogP contribution in [0.25, 0.3) is 6.20 Å². The third kappa shape index (κ3) is 6.60. The number of nitrogen functional groups attached to an aromatic ring is 1. The Morgan fingerprint density at radius 3 is 2.29 bits per heavy atom. The Morgan fingerprint density at radius 2 is 1.71 bits per heavy atom. The normalized spacial score (nSPS) is 18.6. The van der Waals surface area contributed by atoms with E-state index in [1.807, 2.05) is 6.08 Å². The fourth-order valence-corrected chi connectivity index (χ4v) is 5.50. The molecule has 2 N–H and O–H groups in total. The number of carbonyl (C=O) groups is 1. The van der Waals surface area contributed by atoms with E-state index in [1.54, 1.807) is 29.0 Å². The lowest BCUT2D eigenvalue weighted by atomic mass is 9.88. The van der Waals surface area contributed by atoms with Crippen LogP contribution in [0.1, 0.15) is 64.2 Å². The lowest BCUT2D eigenvalue weighted by Crippen LogP contribution is -2.49. The van der Waals surface area contributed by atoms with Gasteiger partial charge in [-0.25, -0.2) is 0 Å². The molecule has 2 aliphatic rings. The predicted molar refractivity (Wildman–Crippen MR) is 129 cm³/mol. The van der Waals surface area contributed by atoms with Crippen LogP contribution in [0.4, 0.5) is 5.82 Å². The molecule has 31 heavy (non-hydrogen) atoms. The summed E-state index contributed by atoms with van der Waals surface area (Å²) in [6.07, 6.45) is 20.6. The highest BCUT2D eigenvalue weighted by atomic mass is 32.2. The first-order valence-corrected chi connectivity index (χ1v) is 12.4. The van der Waals surface area contributed by atoms with Crippen LogP contribution in [0.3, 0.4) is 0 Å². The SMILES string of the molecule is C=C/C=C\C=C\n1c(N)cc(=O)nc1SCC(=O)N(C1CCCCC1)C1CCCCC1. The quantitative estimate of drug-likeness (QED) is 0.361. The number of aromatic nitrogens is 2. The van der Waals surface area contributed by atoms with Gasteiger partial charge < -0.3 is 10.6 Å². The Hall–Kier alpha value is -2.28. The second kappa shape index (κ2) is 11.9. The number of nitrogens with two attached hydrogens (primary N) is 1. The van der Waals surface area contributed by atoms with Gasteiger partial charge in [0, 0.05) is 24.4 Å². The topological polar surface area (TPSA) is 81.2 Å². The summed E-state index contributed by atoms with van der Waals surface area (Å²) in [6, 6.07) is 2.00. The van der Waals surface area contributed by atoms with Crippen LogP contribution in [-0.4, -0.2) is 38.2 Å². The highest BCUT2D eigenvalue weighted by Gasteiger charge is 2.32. The van der Waals surface area contributed by atoms with Gasteiger partial charge in [0.1, 0.15) is 5.82 Å². The Labute approximate surface area is 189 Å². The summed E-state index contributed by atoms with van der Waals surface area (Å²) >= 11 is 1.29. The van der Waals surface area contributed by atoms with Gasteiger partial charge in [0.2, 0.25) is 5.91 Å². The smallest absolute Gasteiger partial charge is 0.275 e. The summed E-state index contributed by atoms with van der Waals surface area (Å²) in [5.41, 5.74) is 5.66. The number of nitrogens with zero attached hydrogens (tertiary/aromatic N) is 3.